The number of piperidine rings is 1. The first-order chi connectivity index (χ1) is 9.33. The molecule has 3 nitrogen and oxygen atoms in total. The van der Waals surface area contributed by atoms with Gasteiger partial charge >= 0.3 is 0 Å². The molecule has 0 unspecified atom stereocenters. The highest BCUT2D eigenvalue weighted by Crippen LogP contribution is 2.32. The molecule has 1 amide bonds. The number of hydrogen-bond donors (Lipinski definition) is 1. The van der Waals surface area contributed by atoms with Crippen LogP contribution in [0.2, 0.25) is 5.02 Å². The third-order valence-electron chi connectivity index (χ3n) is 3.91. The minimum absolute atomic E-state index is 0.0295. The van der Waals surface area contributed by atoms with Crippen molar-refractivity contribution < 1.29 is 4.79 Å². The molecule has 6 heteroatoms. The SMILES string of the molecule is CC1(C(N)=S)CCN(C(=O)c2cc(Cl)ccc2I)CC1. The van der Waals surface area contributed by atoms with Crippen LogP contribution >= 0.6 is 46.4 Å². The van der Waals surface area contributed by atoms with Gasteiger partial charge in [-0.15, -0.1) is 0 Å². The Hall–Kier alpha value is -0.400. The van der Waals surface area contributed by atoms with E-state index < -0.39 is 0 Å². The van der Waals surface area contributed by atoms with Crippen LogP contribution in [0.1, 0.15) is 30.1 Å². The Balaban J connectivity index is 2.13. The van der Waals surface area contributed by atoms with E-state index >= 15 is 0 Å². The summed E-state index contributed by atoms with van der Waals surface area (Å²) in [6.07, 6.45) is 1.62. The zero-order chi connectivity index (χ0) is 14.9. The van der Waals surface area contributed by atoms with Gasteiger partial charge < -0.3 is 10.6 Å². The molecule has 0 spiro atoms. The van der Waals surface area contributed by atoms with Crippen molar-refractivity contribution >= 4 is 57.3 Å². The van der Waals surface area contributed by atoms with Gasteiger partial charge in [0.15, 0.2) is 0 Å². The molecule has 1 aliphatic heterocycles. The Kier molecular flexibility index (Phi) is 4.92. The molecule has 0 saturated carbocycles. The number of nitrogens with zero attached hydrogens (tertiary/aromatic N) is 1. The highest BCUT2D eigenvalue weighted by molar-refractivity contribution is 14.1. The highest BCUT2D eigenvalue weighted by Gasteiger charge is 2.34. The summed E-state index contributed by atoms with van der Waals surface area (Å²) in [5, 5.41) is 0.582. The number of carbonyl (C=O) groups excluding carboxylic acids is 1. The Morgan fingerprint density at radius 2 is 2.05 bits per heavy atom. The molecule has 1 saturated heterocycles. The number of carbonyl (C=O) groups is 1. The van der Waals surface area contributed by atoms with Crippen LogP contribution in [0.25, 0.3) is 0 Å². The van der Waals surface area contributed by atoms with Crippen LogP contribution in [0, 0.1) is 8.99 Å². The van der Waals surface area contributed by atoms with E-state index in [9.17, 15) is 4.79 Å². The van der Waals surface area contributed by atoms with Gasteiger partial charge in [-0.05, 0) is 53.6 Å². The Morgan fingerprint density at radius 1 is 1.45 bits per heavy atom. The van der Waals surface area contributed by atoms with Crippen molar-refractivity contribution in [3.05, 3.63) is 32.4 Å². The number of amides is 1. The molecule has 0 aromatic heterocycles. The van der Waals surface area contributed by atoms with E-state index in [-0.39, 0.29) is 11.3 Å². The summed E-state index contributed by atoms with van der Waals surface area (Å²) < 4.78 is 0.916. The number of thiocarbonyl (C=S) groups is 1. The summed E-state index contributed by atoms with van der Waals surface area (Å²) in [7, 11) is 0. The van der Waals surface area contributed by atoms with Gasteiger partial charge in [0, 0.05) is 27.1 Å². The lowest BCUT2D eigenvalue weighted by Gasteiger charge is -2.38. The predicted molar refractivity (Wildman–Crippen MR) is 94.2 cm³/mol. The van der Waals surface area contributed by atoms with Crippen LogP contribution < -0.4 is 5.73 Å². The molecule has 1 aliphatic rings. The Bertz CT molecular complexity index is 556. The van der Waals surface area contributed by atoms with Crippen molar-refractivity contribution in [2.75, 3.05) is 13.1 Å². The van der Waals surface area contributed by atoms with Crippen LogP contribution in [0.5, 0.6) is 0 Å². The largest absolute Gasteiger partial charge is 0.393 e. The van der Waals surface area contributed by atoms with Crippen molar-refractivity contribution in [2.24, 2.45) is 11.1 Å². The van der Waals surface area contributed by atoms with E-state index in [1.54, 1.807) is 12.1 Å². The summed E-state index contributed by atoms with van der Waals surface area (Å²) in [6, 6.07) is 5.38. The molecule has 2 N–H and O–H groups in total. The maximum absolute atomic E-state index is 12.6. The maximum Gasteiger partial charge on any atom is 0.254 e. The lowest BCUT2D eigenvalue weighted by atomic mass is 9.80. The molecule has 108 valence electrons. The van der Waals surface area contributed by atoms with Gasteiger partial charge in [0.2, 0.25) is 0 Å². The minimum atomic E-state index is -0.131. The molecular formula is C14H16ClIN2OS. The lowest BCUT2D eigenvalue weighted by molar-refractivity contribution is 0.0669. The molecule has 1 aromatic rings. The van der Waals surface area contributed by atoms with Gasteiger partial charge in [-0.3, -0.25) is 4.79 Å². The molecule has 1 aromatic carbocycles. The smallest absolute Gasteiger partial charge is 0.254 e. The number of nitrogens with two attached hydrogens (primary N) is 1. The van der Waals surface area contributed by atoms with Crippen molar-refractivity contribution in [1.82, 2.24) is 4.90 Å². The fourth-order valence-corrected chi connectivity index (χ4v) is 3.22. The third-order valence-corrected chi connectivity index (χ3v) is 5.58. The van der Waals surface area contributed by atoms with Gasteiger partial charge in [0.1, 0.15) is 0 Å². The first-order valence-corrected chi connectivity index (χ1v) is 8.24. The van der Waals surface area contributed by atoms with Gasteiger partial charge in [-0.1, -0.05) is 30.7 Å². The molecular weight excluding hydrogens is 407 g/mol. The molecule has 0 radical (unpaired) electrons. The van der Waals surface area contributed by atoms with Crippen molar-refractivity contribution in [1.29, 1.82) is 0 Å². The predicted octanol–water partition coefficient (Wildman–Crippen LogP) is 3.47. The molecule has 1 heterocycles. The zero-order valence-corrected chi connectivity index (χ0v) is 14.9. The number of hydrogen-bond acceptors (Lipinski definition) is 2. The van der Waals surface area contributed by atoms with Gasteiger partial charge in [-0.2, -0.15) is 0 Å². The first-order valence-electron chi connectivity index (χ1n) is 6.38. The van der Waals surface area contributed by atoms with Crippen LogP contribution in [-0.4, -0.2) is 28.9 Å². The minimum Gasteiger partial charge on any atom is -0.393 e. The molecule has 20 heavy (non-hydrogen) atoms. The number of benzene rings is 1. The summed E-state index contributed by atoms with van der Waals surface area (Å²) in [5.41, 5.74) is 6.32. The normalized spacial score (nSPS) is 17.9. The molecule has 0 atom stereocenters. The standard InChI is InChI=1S/C14H16ClIN2OS/c1-14(13(17)20)4-6-18(7-5-14)12(19)10-8-9(15)2-3-11(10)16/h2-3,8H,4-7H2,1H3,(H2,17,20). The van der Waals surface area contributed by atoms with E-state index in [1.807, 2.05) is 11.0 Å². The van der Waals surface area contributed by atoms with Crippen LogP contribution in [0.4, 0.5) is 0 Å². The quantitative estimate of drug-likeness (QED) is 0.586. The van der Waals surface area contributed by atoms with Gasteiger partial charge in [0.25, 0.3) is 5.91 Å². The highest BCUT2D eigenvalue weighted by atomic mass is 127. The van der Waals surface area contributed by atoms with E-state index in [0.29, 0.717) is 28.7 Å². The van der Waals surface area contributed by atoms with Gasteiger partial charge in [-0.25, -0.2) is 0 Å². The van der Waals surface area contributed by atoms with E-state index in [2.05, 4.69) is 29.5 Å². The van der Waals surface area contributed by atoms with E-state index in [0.717, 1.165) is 16.4 Å². The fraction of sp³-hybridized carbons (Fsp3) is 0.429. The molecule has 2 rings (SSSR count). The van der Waals surface area contributed by atoms with E-state index in [1.165, 1.54) is 0 Å². The second-order valence-corrected chi connectivity index (χ2v) is 7.38. The summed E-state index contributed by atoms with van der Waals surface area (Å²) in [5.74, 6) is 0.0295. The van der Waals surface area contributed by atoms with Crippen LogP contribution in [0.15, 0.2) is 18.2 Å². The summed E-state index contributed by atoms with van der Waals surface area (Å²) >= 11 is 13.3. The second kappa shape index (κ2) is 6.15. The lowest BCUT2D eigenvalue weighted by Crippen LogP contribution is -2.46. The summed E-state index contributed by atoms with van der Waals surface area (Å²) in [6.45, 7) is 3.42. The topological polar surface area (TPSA) is 46.3 Å². The monoisotopic (exact) mass is 422 g/mol. The Labute approximate surface area is 143 Å². The van der Waals surface area contributed by atoms with E-state index in [4.69, 9.17) is 29.6 Å². The summed E-state index contributed by atoms with van der Waals surface area (Å²) in [4.78, 5) is 15.0. The zero-order valence-electron chi connectivity index (χ0n) is 11.2. The number of likely N-dealkylation sites (tertiary alicyclic amines) is 1. The molecule has 1 fully saturated rings. The number of halogens is 2. The van der Waals surface area contributed by atoms with Gasteiger partial charge in [0.05, 0.1) is 10.6 Å². The third kappa shape index (κ3) is 3.26. The second-order valence-electron chi connectivity index (χ2n) is 5.34. The maximum atomic E-state index is 12.6. The van der Waals surface area contributed by atoms with Crippen LogP contribution in [0.3, 0.4) is 0 Å². The number of rotatable bonds is 2. The van der Waals surface area contributed by atoms with Crippen molar-refractivity contribution in [3.63, 3.8) is 0 Å². The molecule has 0 bridgehead atoms. The average molecular weight is 423 g/mol. The molecule has 0 aliphatic carbocycles. The van der Waals surface area contributed by atoms with Crippen molar-refractivity contribution in [3.8, 4) is 0 Å². The van der Waals surface area contributed by atoms with Crippen LogP contribution in [-0.2, 0) is 0 Å². The Morgan fingerprint density at radius 3 is 2.60 bits per heavy atom. The fourth-order valence-electron chi connectivity index (χ4n) is 2.28. The first kappa shape index (κ1) is 16.0. The average Bonchev–Trinajstić information content (AvgIpc) is 2.41. The van der Waals surface area contributed by atoms with Crippen molar-refractivity contribution in [2.45, 2.75) is 19.8 Å².